The van der Waals surface area contributed by atoms with Gasteiger partial charge in [-0.3, -0.25) is 4.90 Å². The van der Waals surface area contributed by atoms with Crippen LogP contribution in [-0.4, -0.2) is 46.5 Å². The van der Waals surface area contributed by atoms with Crippen molar-refractivity contribution in [1.82, 2.24) is 14.3 Å². The zero-order chi connectivity index (χ0) is 16.2. The molecule has 1 aromatic carbocycles. The summed E-state index contributed by atoms with van der Waals surface area (Å²) in [6, 6.07) is 9.99. The van der Waals surface area contributed by atoms with Gasteiger partial charge in [-0.15, -0.1) is 0 Å². The van der Waals surface area contributed by atoms with Crippen LogP contribution in [0.5, 0.6) is 0 Å². The van der Waals surface area contributed by atoms with E-state index < -0.39 is 0 Å². The molecule has 2 aromatic rings. The second-order valence-electron chi connectivity index (χ2n) is 6.36. The molecule has 6 heteroatoms. The Morgan fingerprint density at radius 2 is 1.96 bits per heavy atom. The van der Waals surface area contributed by atoms with Gasteiger partial charge in [0.15, 0.2) is 5.82 Å². The lowest BCUT2D eigenvalue weighted by molar-refractivity contribution is 0.0562. The minimum absolute atomic E-state index is 0.342. The molecule has 2 heterocycles. The molecule has 0 amide bonds. The molecule has 3 rings (SSSR count). The average Bonchev–Trinajstić information content (AvgIpc) is 3.04. The summed E-state index contributed by atoms with van der Waals surface area (Å²) in [4.78, 5) is 8.92. The van der Waals surface area contributed by atoms with E-state index in [0.717, 1.165) is 49.0 Å². The van der Waals surface area contributed by atoms with Gasteiger partial charge in [0.1, 0.15) is 0 Å². The predicted molar refractivity (Wildman–Crippen MR) is 93.6 cm³/mol. The number of aliphatic hydroxyl groups is 1. The third-order valence-corrected chi connectivity index (χ3v) is 5.35. The van der Waals surface area contributed by atoms with Gasteiger partial charge in [-0.2, -0.15) is 4.37 Å². The van der Waals surface area contributed by atoms with Crippen LogP contribution in [0.1, 0.15) is 30.3 Å². The SMILES string of the molecule is CN(C)c1nc(CN2CCC(C(O)c3ccccc3)CC2)ns1. The number of rotatable bonds is 5. The number of likely N-dealkylation sites (tertiary alicyclic amines) is 1. The highest BCUT2D eigenvalue weighted by atomic mass is 32.1. The summed E-state index contributed by atoms with van der Waals surface area (Å²) < 4.78 is 4.43. The van der Waals surface area contributed by atoms with Crippen molar-refractivity contribution in [1.29, 1.82) is 0 Å². The minimum Gasteiger partial charge on any atom is -0.388 e. The normalized spacial score (nSPS) is 18.0. The number of hydrogen-bond acceptors (Lipinski definition) is 6. The van der Waals surface area contributed by atoms with E-state index in [1.54, 1.807) is 0 Å². The van der Waals surface area contributed by atoms with Crippen LogP contribution in [-0.2, 0) is 6.54 Å². The fourth-order valence-electron chi connectivity index (χ4n) is 3.04. The molecule has 1 aliphatic heterocycles. The molecule has 1 saturated heterocycles. The summed E-state index contributed by atoms with van der Waals surface area (Å²) in [7, 11) is 3.97. The van der Waals surface area contributed by atoms with Gasteiger partial charge in [-0.05, 0) is 37.4 Å². The number of nitrogens with zero attached hydrogens (tertiary/aromatic N) is 4. The number of aromatic nitrogens is 2. The molecule has 124 valence electrons. The van der Waals surface area contributed by atoms with E-state index in [9.17, 15) is 5.11 Å². The molecular weight excluding hydrogens is 308 g/mol. The third kappa shape index (κ3) is 4.07. The standard InChI is InChI=1S/C17H24N4OS/c1-20(2)17-18-15(19-23-17)12-21-10-8-14(9-11-21)16(22)13-6-4-3-5-7-13/h3-7,14,16,22H,8-12H2,1-2H3. The van der Waals surface area contributed by atoms with E-state index in [1.807, 2.05) is 49.3 Å². The smallest absolute Gasteiger partial charge is 0.204 e. The second-order valence-corrected chi connectivity index (χ2v) is 7.09. The Morgan fingerprint density at radius 1 is 1.26 bits per heavy atom. The van der Waals surface area contributed by atoms with Gasteiger partial charge in [0, 0.05) is 25.6 Å². The van der Waals surface area contributed by atoms with Crippen LogP contribution in [0, 0.1) is 5.92 Å². The van der Waals surface area contributed by atoms with Crippen LogP contribution < -0.4 is 4.90 Å². The Labute approximate surface area is 141 Å². The average molecular weight is 332 g/mol. The highest BCUT2D eigenvalue weighted by Gasteiger charge is 2.26. The molecule has 1 atom stereocenters. The Morgan fingerprint density at radius 3 is 2.57 bits per heavy atom. The van der Waals surface area contributed by atoms with E-state index in [4.69, 9.17) is 0 Å². The highest BCUT2D eigenvalue weighted by molar-refractivity contribution is 7.09. The van der Waals surface area contributed by atoms with Crippen LogP contribution in [0.25, 0.3) is 0 Å². The first-order valence-electron chi connectivity index (χ1n) is 8.09. The van der Waals surface area contributed by atoms with Crippen LogP contribution >= 0.6 is 11.5 Å². The molecule has 0 radical (unpaired) electrons. The number of piperidine rings is 1. The summed E-state index contributed by atoms with van der Waals surface area (Å²) in [5.41, 5.74) is 1.03. The first kappa shape index (κ1) is 16.4. The van der Waals surface area contributed by atoms with Crippen molar-refractivity contribution in [3.05, 3.63) is 41.7 Å². The van der Waals surface area contributed by atoms with Crippen molar-refractivity contribution in [3.8, 4) is 0 Å². The van der Waals surface area contributed by atoms with E-state index in [1.165, 1.54) is 11.5 Å². The van der Waals surface area contributed by atoms with Crippen molar-refractivity contribution < 1.29 is 5.11 Å². The molecule has 0 saturated carbocycles. The summed E-state index contributed by atoms with van der Waals surface area (Å²) in [6.07, 6.45) is 1.68. The summed E-state index contributed by atoms with van der Waals surface area (Å²) in [5, 5.41) is 11.5. The third-order valence-electron chi connectivity index (χ3n) is 4.42. The van der Waals surface area contributed by atoms with Gasteiger partial charge in [0.2, 0.25) is 5.13 Å². The van der Waals surface area contributed by atoms with Gasteiger partial charge < -0.3 is 10.0 Å². The predicted octanol–water partition coefficient (Wildman–Crippen LogP) is 2.55. The first-order valence-corrected chi connectivity index (χ1v) is 8.86. The maximum Gasteiger partial charge on any atom is 0.204 e. The number of benzene rings is 1. The Kier molecular flexibility index (Phi) is 5.25. The maximum absolute atomic E-state index is 10.5. The van der Waals surface area contributed by atoms with E-state index in [-0.39, 0.29) is 6.10 Å². The largest absolute Gasteiger partial charge is 0.388 e. The van der Waals surface area contributed by atoms with Crippen molar-refractivity contribution >= 4 is 16.7 Å². The second kappa shape index (κ2) is 7.38. The van der Waals surface area contributed by atoms with E-state index in [2.05, 4.69) is 14.3 Å². The summed E-state index contributed by atoms with van der Waals surface area (Å²) in [6.45, 7) is 2.79. The molecule has 5 nitrogen and oxygen atoms in total. The zero-order valence-corrected chi connectivity index (χ0v) is 14.5. The van der Waals surface area contributed by atoms with Crippen LogP contribution in [0.4, 0.5) is 5.13 Å². The van der Waals surface area contributed by atoms with Gasteiger partial charge in [0.05, 0.1) is 12.6 Å². The van der Waals surface area contributed by atoms with E-state index in [0.29, 0.717) is 5.92 Å². The van der Waals surface area contributed by atoms with Gasteiger partial charge >= 0.3 is 0 Å². The number of aliphatic hydroxyl groups excluding tert-OH is 1. The summed E-state index contributed by atoms with van der Waals surface area (Å²) in [5.74, 6) is 1.25. The lowest BCUT2D eigenvalue weighted by Crippen LogP contribution is -2.35. The van der Waals surface area contributed by atoms with E-state index >= 15 is 0 Å². The van der Waals surface area contributed by atoms with Gasteiger partial charge in [0.25, 0.3) is 0 Å². The zero-order valence-electron chi connectivity index (χ0n) is 13.7. The maximum atomic E-state index is 10.5. The van der Waals surface area contributed by atoms with Crippen LogP contribution in [0.15, 0.2) is 30.3 Å². The van der Waals surface area contributed by atoms with Crippen LogP contribution in [0.3, 0.4) is 0 Å². The number of hydrogen-bond donors (Lipinski definition) is 1. The number of anilines is 1. The monoisotopic (exact) mass is 332 g/mol. The molecule has 1 fully saturated rings. The molecular formula is C17H24N4OS. The minimum atomic E-state index is -0.351. The molecule has 0 bridgehead atoms. The van der Waals surface area contributed by atoms with Gasteiger partial charge in [-0.25, -0.2) is 4.98 Å². The van der Waals surface area contributed by atoms with Crippen molar-refractivity contribution in [2.24, 2.45) is 5.92 Å². The quantitative estimate of drug-likeness (QED) is 0.912. The Bertz CT molecular complexity index is 608. The Hall–Kier alpha value is -1.50. The molecule has 23 heavy (non-hydrogen) atoms. The Balaban J connectivity index is 1.52. The molecule has 0 aliphatic carbocycles. The molecule has 0 spiro atoms. The molecule has 1 aromatic heterocycles. The lowest BCUT2D eigenvalue weighted by Gasteiger charge is -2.33. The fourth-order valence-corrected chi connectivity index (χ4v) is 3.63. The van der Waals surface area contributed by atoms with Crippen LogP contribution in [0.2, 0.25) is 0 Å². The molecule has 1 unspecified atom stereocenters. The fraction of sp³-hybridized carbons (Fsp3) is 0.529. The van der Waals surface area contributed by atoms with Crippen molar-refractivity contribution in [2.45, 2.75) is 25.5 Å². The van der Waals surface area contributed by atoms with Crippen molar-refractivity contribution in [3.63, 3.8) is 0 Å². The summed E-state index contributed by atoms with van der Waals surface area (Å²) >= 11 is 1.45. The molecule has 1 N–H and O–H groups in total. The van der Waals surface area contributed by atoms with Gasteiger partial charge in [-0.1, -0.05) is 30.3 Å². The molecule has 1 aliphatic rings. The first-order chi connectivity index (χ1) is 11.1. The highest BCUT2D eigenvalue weighted by Crippen LogP contribution is 2.31. The van der Waals surface area contributed by atoms with Crippen molar-refractivity contribution in [2.75, 3.05) is 32.1 Å². The topological polar surface area (TPSA) is 52.5 Å². The lowest BCUT2D eigenvalue weighted by atomic mass is 9.87.